The van der Waals surface area contributed by atoms with Gasteiger partial charge in [0.15, 0.2) is 0 Å². The van der Waals surface area contributed by atoms with Crippen molar-refractivity contribution in [2.24, 2.45) is 0 Å². The lowest BCUT2D eigenvalue weighted by atomic mass is 10.0. The molecule has 22 heavy (non-hydrogen) atoms. The van der Waals surface area contributed by atoms with Gasteiger partial charge in [0.25, 0.3) is 5.91 Å². The lowest BCUT2D eigenvalue weighted by molar-refractivity contribution is 0.102. The molecule has 0 aromatic heterocycles. The van der Waals surface area contributed by atoms with E-state index in [0.717, 1.165) is 22.4 Å². The number of carbonyl (C=O) groups excluding carboxylic acids is 1. The van der Waals surface area contributed by atoms with Crippen LogP contribution in [0.4, 0.5) is 5.69 Å². The van der Waals surface area contributed by atoms with Crippen molar-refractivity contribution in [1.29, 1.82) is 0 Å². The zero-order valence-corrected chi connectivity index (χ0v) is 12.4. The van der Waals surface area contributed by atoms with Gasteiger partial charge < -0.3 is 5.32 Å². The molecule has 108 valence electrons. The quantitative estimate of drug-likeness (QED) is 0.728. The van der Waals surface area contributed by atoms with Crippen LogP contribution in [0.5, 0.6) is 0 Å². The summed E-state index contributed by atoms with van der Waals surface area (Å²) in [5, 5.41) is 3.00. The van der Waals surface area contributed by atoms with E-state index in [-0.39, 0.29) is 5.91 Å². The van der Waals surface area contributed by atoms with Crippen LogP contribution in [0.15, 0.2) is 78.9 Å². The van der Waals surface area contributed by atoms with Crippen molar-refractivity contribution in [3.63, 3.8) is 0 Å². The third-order valence-corrected chi connectivity index (χ3v) is 3.63. The number of hydrogen-bond acceptors (Lipinski definition) is 1. The summed E-state index contributed by atoms with van der Waals surface area (Å²) in [5.41, 5.74) is 4.78. The third kappa shape index (κ3) is 3.07. The molecular weight excluding hydrogens is 270 g/mol. The molecule has 0 fully saturated rings. The number of anilines is 1. The van der Waals surface area contributed by atoms with Crippen molar-refractivity contribution in [1.82, 2.24) is 0 Å². The van der Waals surface area contributed by atoms with E-state index in [9.17, 15) is 4.79 Å². The van der Waals surface area contributed by atoms with E-state index < -0.39 is 0 Å². The summed E-state index contributed by atoms with van der Waals surface area (Å²) in [6.07, 6.45) is 0. The number of carbonyl (C=O) groups is 1. The van der Waals surface area contributed by atoms with Gasteiger partial charge in [-0.05, 0) is 41.8 Å². The summed E-state index contributed by atoms with van der Waals surface area (Å²) in [6.45, 7) is 2.00. The predicted octanol–water partition coefficient (Wildman–Crippen LogP) is 4.91. The molecule has 0 aliphatic rings. The van der Waals surface area contributed by atoms with Crippen LogP contribution in [0.3, 0.4) is 0 Å². The van der Waals surface area contributed by atoms with E-state index in [1.807, 2.05) is 67.6 Å². The molecule has 3 aromatic carbocycles. The zero-order valence-electron chi connectivity index (χ0n) is 12.4. The van der Waals surface area contributed by atoms with Gasteiger partial charge in [-0.1, -0.05) is 60.7 Å². The topological polar surface area (TPSA) is 29.1 Å². The molecule has 0 saturated heterocycles. The first-order valence-corrected chi connectivity index (χ1v) is 7.26. The fraction of sp³-hybridized carbons (Fsp3) is 0.0500. The van der Waals surface area contributed by atoms with Crippen LogP contribution in [0.1, 0.15) is 15.9 Å². The molecule has 0 saturated carbocycles. The van der Waals surface area contributed by atoms with Crippen LogP contribution in [-0.2, 0) is 0 Å². The molecule has 3 aromatic rings. The Morgan fingerprint density at radius 1 is 0.773 bits per heavy atom. The number of nitrogens with one attached hydrogen (secondary N) is 1. The second-order valence-electron chi connectivity index (χ2n) is 5.22. The normalized spacial score (nSPS) is 10.2. The molecule has 0 atom stereocenters. The Balaban J connectivity index is 1.89. The van der Waals surface area contributed by atoms with Crippen molar-refractivity contribution in [2.75, 3.05) is 5.32 Å². The lowest BCUT2D eigenvalue weighted by Gasteiger charge is -2.11. The summed E-state index contributed by atoms with van der Waals surface area (Å²) < 4.78 is 0. The number of hydrogen-bond donors (Lipinski definition) is 1. The van der Waals surface area contributed by atoms with Crippen LogP contribution >= 0.6 is 0 Å². The molecule has 1 N–H and O–H groups in total. The lowest BCUT2D eigenvalue weighted by Crippen LogP contribution is -2.12. The van der Waals surface area contributed by atoms with Crippen molar-refractivity contribution in [3.05, 3.63) is 90.0 Å². The fourth-order valence-corrected chi connectivity index (χ4v) is 2.35. The maximum absolute atomic E-state index is 12.3. The second kappa shape index (κ2) is 6.27. The number of benzene rings is 3. The summed E-state index contributed by atoms with van der Waals surface area (Å²) >= 11 is 0. The molecule has 3 rings (SSSR count). The van der Waals surface area contributed by atoms with Crippen LogP contribution in [-0.4, -0.2) is 5.91 Å². The Morgan fingerprint density at radius 2 is 1.41 bits per heavy atom. The van der Waals surface area contributed by atoms with E-state index in [1.54, 1.807) is 0 Å². The molecule has 0 spiro atoms. The van der Waals surface area contributed by atoms with Crippen LogP contribution in [0.25, 0.3) is 11.1 Å². The Bertz CT molecular complexity index is 779. The highest BCUT2D eigenvalue weighted by Crippen LogP contribution is 2.25. The van der Waals surface area contributed by atoms with E-state index >= 15 is 0 Å². The minimum Gasteiger partial charge on any atom is -0.322 e. The minimum atomic E-state index is -0.0890. The minimum absolute atomic E-state index is 0.0890. The maximum Gasteiger partial charge on any atom is 0.255 e. The SMILES string of the molecule is Cc1ccc(-c2ccccc2)cc1NC(=O)c1ccccc1. The van der Waals surface area contributed by atoms with Crippen molar-refractivity contribution >= 4 is 11.6 Å². The van der Waals surface area contributed by atoms with Crippen LogP contribution < -0.4 is 5.32 Å². The molecule has 0 aliphatic heterocycles. The summed E-state index contributed by atoms with van der Waals surface area (Å²) in [7, 11) is 0. The van der Waals surface area contributed by atoms with E-state index in [2.05, 4.69) is 23.5 Å². The molecular formula is C20H17NO. The number of rotatable bonds is 3. The summed E-state index contributed by atoms with van der Waals surface area (Å²) in [5.74, 6) is -0.0890. The molecule has 0 radical (unpaired) electrons. The molecule has 2 heteroatoms. The number of aryl methyl sites for hydroxylation is 1. The Kier molecular flexibility index (Phi) is 4.01. The van der Waals surface area contributed by atoms with Gasteiger partial charge in [0.05, 0.1) is 0 Å². The number of amides is 1. The molecule has 0 bridgehead atoms. The van der Waals surface area contributed by atoms with Gasteiger partial charge in [0.2, 0.25) is 0 Å². The van der Waals surface area contributed by atoms with Gasteiger partial charge in [-0.25, -0.2) is 0 Å². The average molecular weight is 287 g/mol. The average Bonchev–Trinajstić information content (AvgIpc) is 2.58. The van der Waals surface area contributed by atoms with Crippen molar-refractivity contribution in [3.8, 4) is 11.1 Å². The predicted molar refractivity (Wildman–Crippen MR) is 91.0 cm³/mol. The van der Waals surface area contributed by atoms with E-state index in [0.29, 0.717) is 5.56 Å². The van der Waals surface area contributed by atoms with Crippen molar-refractivity contribution < 1.29 is 4.79 Å². The highest BCUT2D eigenvalue weighted by Gasteiger charge is 2.08. The smallest absolute Gasteiger partial charge is 0.255 e. The highest BCUT2D eigenvalue weighted by molar-refractivity contribution is 6.04. The fourth-order valence-electron chi connectivity index (χ4n) is 2.35. The van der Waals surface area contributed by atoms with Crippen LogP contribution in [0, 0.1) is 6.92 Å². The first kappa shape index (κ1) is 14.1. The largest absolute Gasteiger partial charge is 0.322 e. The molecule has 0 unspecified atom stereocenters. The molecule has 2 nitrogen and oxygen atoms in total. The second-order valence-corrected chi connectivity index (χ2v) is 5.22. The first-order chi connectivity index (χ1) is 10.7. The van der Waals surface area contributed by atoms with Gasteiger partial charge in [0.1, 0.15) is 0 Å². The van der Waals surface area contributed by atoms with Gasteiger partial charge in [-0.15, -0.1) is 0 Å². The summed E-state index contributed by atoms with van der Waals surface area (Å²) in [4.78, 5) is 12.3. The van der Waals surface area contributed by atoms with Gasteiger partial charge >= 0.3 is 0 Å². The van der Waals surface area contributed by atoms with Crippen LogP contribution in [0.2, 0.25) is 0 Å². The van der Waals surface area contributed by atoms with E-state index in [1.165, 1.54) is 0 Å². The summed E-state index contributed by atoms with van der Waals surface area (Å²) in [6, 6.07) is 25.5. The van der Waals surface area contributed by atoms with Gasteiger partial charge in [0, 0.05) is 11.3 Å². The molecule has 1 amide bonds. The Morgan fingerprint density at radius 3 is 2.09 bits per heavy atom. The van der Waals surface area contributed by atoms with Gasteiger partial charge in [-0.2, -0.15) is 0 Å². The highest BCUT2D eigenvalue weighted by atomic mass is 16.1. The third-order valence-electron chi connectivity index (χ3n) is 3.63. The van der Waals surface area contributed by atoms with Gasteiger partial charge in [-0.3, -0.25) is 4.79 Å². The first-order valence-electron chi connectivity index (χ1n) is 7.26. The standard InChI is InChI=1S/C20H17NO/c1-15-12-13-18(16-8-4-2-5-9-16)14-19(15)21-20(22)17-10-6-3-7-11-17/h2-14H,1H3,(H,21,22). The zero-order chi connectivity index (χ0) is 15.4. The van der Waals surface area contributed by atoms with Crippen molar-refractivity contribution in [2.45, 2.75) is 6.92 Å². The molecule has 0 heterocycles. The monoisotopic (exact) mass is 287 g/mol. The Labute approximate surface area is 130 Å². The Hall–Kier alpha value is -2.87. The van der Waals surface area contributed by atoms with E-state index in [4.69, 9.17) is 0 Å². The maximum atomic E-state index is 12.3. The molecule has 0 aliphatic carbocycles.